The Bertz CT molecular complexity index is 1020. The van der Waals surface area contributed by atoms with E-state index in [9.17, 15) is 14.9 Å². The van der Waals surface area contributed by atoms with Crippen LogP contribution in [0.25, 0.3) is 0 Å². The van der Waals surface area contributed by atoms with Gasteiger partial charge in [0.2, 0.25) is 0 Å². The molecule has 7 nitrogen and oxygen atoms in total. The first-order chi connectivity index (χ1) is 15.5. The van der Waals surface area contributed by atoms with E-state index in [-0.39, 0.29) is 11.6 Å². The van der Waals surface area contributed by atoms with Crippen LogP contribution in [0.4, 0.5) is 17.1 Å². The number of carbonyl (C=O) groups is 1. The minimum atomic E-state index is -0.484. The summed E-state index contributed by atoms with van der Waals surface area (Å²) in [5.74, 6) is 0.456. The molecule has 7 heteroatoms. The molecule has 0 spiro atoms. The van der Waals surface area contributed by atoms with Crippen LogP contribution in [-0.4, -0.2) is 42.0 Å². The first kappa shape index (κ1) is 23.0. The largest absolute Gasteiger partial charge is 0.492 e. The molecule has 0 heterocycles. The maximum atomic E-state index is 13.3. The van der Waals surface area contributed by atoms with E-state index in [0.717, 1.165) is 25.4 Å². The van der Waals surface area contributed by atoms with Crippen LogP contribution < -0.4 is 9.64 Å². The lowest BCUT2D eigenvalue weighted by Gasteiger charge is -2.23. The number of benzene rings is 3. The molecule has 0 unspecified atom stereocenters. The third kappa shape index (κ3) is 5.70. The van der Waals surface area contributed by atoms with E-state index >= 15 is 0 Å². The molecule has 0 saturated carbocycles. The molecule has 0 atom stereocenters. The van der Waals surface area contributed by atoms with E-state index < -0.39 is 4.92 Å². The molecule has 0 aromatic heterocycles. The monoisotopic (exact) mass is 433 g/mol. The Kier molecular flexibility index (Phi) is 7.94. The van der Waals surface area contributed by atoms with Crippen LogP contribution in [0, 0.1) is 10.1 Å². The Balaban J connectivity index is 1.82. The van der Waals surface area contributed by atoms with Crippen molar-refractivity contribution in [2.24, 2.45) is 0 Å². The van der Waals surface area contributed by atoms with E-state index in [2.05, 4.69) is 18.7 Å². The number of rotatable bonds is 10. The molecule has 1 amide bonds. The molecule has 3 aromatic rings. The number of amides is 1. The van der Waals surface area contributed by atoms with Gasteiger partial charge in [0.15, 0.2) is 0 Å². The summed E-state index contributed by atoms with van der Waals surface area (Å²) in [6, 6.07) is 22.3. The topological polar surface area (TPSA) is 75.9 Å². The third-order valence-electron chi connectivity index (χ3n) is 5.21. The predicted octanol–water partition coefficient (Wildman–Crippen LogP) is 5.29. The Morgan fingerprint density at radius 3 is 2.03 bits per heavy atom. The summed E-state index contributed by atoms with van der Waals surface area (Å²) in [5, 5.41) is 10.9. The van der Waals surface area contributed by atoms with Crippen LogP contribution in [0.5, 0.6) is 5.75 Å². The third-order valence-corrected chi connectivity index (χ3v) is 5.21. The maximum Gasteiger partial charge on any atom is 0.269 e. The summed E-state index contributed by atoms with van der Waals surface area (Å²) in [5.41, 5.74) is 1.68. The number of nitro benzene ring substituents is 1. The first-order valence-electron chi connectivity index (χ1n) is 10.6. The number of carbonyl (C=O) groups excluding carboxylic acids is 1. The lowest BCUT2D eigenvalue weighted by molar-refractivity contribution is -0.384. The Morgan fingerprint density at radius 1 is 0.875 bits per heavy atom. The minimum Gasteiger partial charge on any atom is -0.492 e. The summed E-state index contributed by atoms with van der Waals surface area (Å²) >= 11 is 0. The molecule has 32 heavy (non-hydrogen) atoms. The van der Waals surface area contributed by atoms with E-state index in [1.165, 1.54) is 24.3 Å². The van der Waals surface area contributed by atoms with E-state index in [1.54, 1.807) is 4.90 Å². The van der Waals surface area contributed by atoms with Gasteiger partial charge in [-0.25, -0.2) is 0 Å². The number of para-hydroxylation sites is 1. The van der Waals surface area contributed by atoms with Gasteiger partial charge in [-0.3, -0.25) is 19.8 Å². The van der Waals surface area contributed by atoms with Crippen molar-refractivity contribution in [2.75, 3.05) is 31.1 Å². The molecule has 0 radical (unpaired) electrons. The van der Waals surface area contributed by atoms with Crippen LogP contribution in [0.2, 0.25) is 0 Å². The van der Waals surface area contributed by atoms with Gasteiger partial charge in [0.25, 0.3) is 11.6 Å². The van der Waals surface area contributed by atoms with Crippen LogP contribution in [-0.2, 0) is 0 Å². The number of anilines is 2. The van der Waals surface area contributed by atoms with Crippen molar-refractivity contribution < 1.29 is 14.5 Å². The van der Waals surface area contributed by atoms with E-state index in [0.29, 0.717) is 23.5 Å². The summed E-state index contributed by atoms with van der Waals surface area (Å²) in [6.07, 6.45) is 0. The second-order valence-electron chi connectivity index (χ2n) is 7.15. The average molecular weight is 434 g/mol. The molecule has 0 N–H and O–H groups in total. The summed E-state index contributed by atoms with van der Waals surface area (Å²) < 4.78 is 5.85. The normalized spacial score (nSPS) is 10.7. The minimum absolute atomic E-state index is 0.0565. The molecule has 0 aliphatic heterocycles. The van der Waals surface area contributed by atoms with Crippen molar-refractivity contribution in [3.63, 3.8) is 0 Å². The fourth-order valence-electron chi connectivity index (χ4n) is 3.34. The van der Waals surface area contributed by atoms with E-state index in [1.807, 2.05) is 54.6 Å². The Labute approximate surface area is 188 Å². The quantitative estimate of drug-likeness (QED) is 0.321. The van der Waals surface area contributed by atoms with Crippen LogP contribution in [0.3, 0.4) is 0 Å². The highest BCUT2D eigenvalue weighted by Crippen LogP contribution is 2.29. The summed E-state index contributed by atoms with van der Waals surface area (Å²) in [7, 11) is 0. The number of nitro groups is 1. The molecule has 0 aliphatic carbocycles. The zero-order valence-electron chi connectivity index (χ0n) is 18.3. The van der Waals surface area contributed by atoms with Gasteiger partial charge in [0.05, 0.1) is 4.92 Å². The van der Waals surface area contributed by atoms with Gasteiger partial charge >= 0.3 is 0 Å². The highest BCUT2D eigenvalue weighted by molar-refractivity contribution is 6.11. The average Bonchev–Trinajstić information content (AvgIpc) is 2.83. The van der Waals surface area contributed by atoms with Gasteiger partial charge in [0.1, 0.15) is 12.4 Å². The van der Waals surface area contributed by atoms with Crippen molar-refractivity contribution in [1.82, 2.24) is 4.90 Å². The smallest absolute Gasteiger partial charge is 0.269 e. The second kappa shape index (κ2) is 11.1. The Morgan fingerprint density at radius 2 is 1.47 bits per heavy atom. The standard InChI is InChI=1S/C25H27N3O4/c1-3-26(4-2)18-19-32-24-16-14-22(15-17-24)27(21-8-6-5-7-9-21)25(29)20-10-12-23(13-11-20)28(30)31/h5-17H,3-4,18-19H2,1-2H3. The molecular formula is C25H27N3O4. The fraction of sp³-hybridized carbons (Fsp3) is 0.240. The molecule has 0 aliphatic rings. The zero-order valence-corrected chi connectivity index (χ0v) is 18.3. The second-order valence-corrected chi connectivity index (χ2v) is 7.15. The highest BCUT2D eigenvalue weighted by atomic mass is 16.6. The first-order valence-corrected chi connectivity index (χ1v) is 10.6. The van der Waals surface area contributed by atoms with Crippen molar-refractivity contribution in [3.05, 3.63) is 94.5 Å². The number of nitrogens with zero attached hydrogens (tertiary/aromatic N) is 3. The number of hydrogen-bond donors (Lipinski definition) is 0. The Hall–Kier alpha value is -3.71. The molecule has 3 aromatic carbocycles. The summed E-state index contributed by atoms with van der Waals surface area (Å²) in [6.45, 7) is 7.65. The SMILES string of the molecule is CCN(CC)CCOc1ccc(N(C(=O)c2ccc([N+](=O)[O-])cc2)c2ccccc2)cc1. The molecule has 3 rings (SSSR count). The molecule has 0 fully saturated rings. The fourth-order valence-corrected chi connectivity index (χ4v) is 3.34. The van der Waals surface area contributed by atoms with Crippen molar-refractivity contribution in [3.8, 4) is 5.75 Å². The van der Waals surface area contributed by atoms with Crippen LogP contribution >= 0.6 is 0 Å². The maximum absolute atomic E-state index is 13.3. The molecule has 0 bridgehead atoms. The predicted molar refractivity (Wildman–Crippen MR) is 126 cm³/mol. The van der Waals surface area contributed by atoms with Gasteiger partial charge in [0, 0.05) is 35.6 Å². The zero-order chi connectivity index (χ0) is 22.9. The molecule has 166 valence electrons. The van der Waals surface area contributed by atoms with Gasteiger partial charge in [-0.05, 0) is 61.6 Å². The van der Waals surface area contributed by atoms with Gasteiger partial charge in [-0.2, -0.15) is 0 Å². The molecular weight excluding hydrogens is 406 g/mol. The highest BCUT2D eigenvalue weighted by Gasteiger charge is 2.20. The number of hydrogen-bond acceptors (Lipinski definition) is 5. The van der Waals surface area contributed by atoms with Gasteiger partial charge in [-0.1, -0.05) is 32.0 Å². The summed E-state index contributed by atoms with van der Waals surface area (Å²) in [4.78, 5) is 27.7. The van der Waals surface area contributed by atoms with Gasteiger partial charge in [-0.15, -0.1) is 0 Å². The number of likely N-dealkylation sites (N-methyl/N-ethyl adjacent to an activating group) is 1. The van der Waals surface area contributed by atoms with Crippen molar-refractivity contribution in [2.45, 2.75) is 13.8 Å². The lowest BCUT2D eigenvalue weighted by atomic mass is 10.1. The number of non-ortho nitro benzene ring substituents is 1. The number of ether oxygens (including phenoxy) is 1. The van der Waals surface area contributed by atoms with Crippen LogP contribution in [0.1, 0.15) is 24.2 Å². The van der Waals surface area contributed by atoms with Gasteiger partial charge < -0.3 is 9.64 Å². The van der Waals surface area contributed by atoms with E-state index in [4.69, 9.17) is 4.74 Å². The van der Waals surface area contributed by atoms with Crippen LogP contribution in [0.15, 0.2) is 78.9 Å². The lowest BCUT2D eigenvalue weighted by Crippen LogP contribution is -2.28. The van der Waals surface area contributed by atoms with Crippen molar-refractivity contribution in [1.29, 1.82) is 0 Å². The van der Waals surface area contributed by atoms with Crippen molar-refractivity contribution >= 4 is 23.0 Å². The molecule has 0 saturated heterocycles.